The van der Waals surface area contributed by atoms with Crippen LogP contribution in [0.3, 0.4) is 0 Å². The molecular weight excluding hydrogens is 262 g/mol. The van der Waals surface area contributed by atoms with Crippen LogP contribution in [0.5, 0.6) is 5.75 Å². The summed E-state index contributed by atoms with van der Waals surface area (Å²) in [4.78, 5) is 0. The third kappa shape index (κ3) is 3.93. The Bertz CT molecular complexity index is 537. The Hall–Kier alpha value is -1.61. The summed E-state index contributed by atoms with van der Waals surface area (Å²) in [6, 6.07) is 9.61. The van der Waals surface area contributed by atoms with Crippen molar-refractivity contribution in [1.82, 2.24) is 0 Å². The summed E-state index contributed by atoms with van der Waals surface area (Å²) in [5.41, 5.74) is 0.947. The molecule has 0 aliphatic carbocycles. The van der Waals surface area contributed by atoms with Crippen LogP contribution in [0.2, 0.25) is 5.02 Å². The van der Waals surface area contributed by atoms with Gasteiger partial charge in [0, 0.05) is 5.69 Å². The van der Waals surface area contributed by atoms with Crippen LogP contribution in [-0.2, 0) is 6.54 Å². The molecule has 0 atom stereocenters. The molecule has 0 amide bonds. The highest BCUT2D eigenvalue weighted by Crippen LogP contribution is 2.28. The Kier molecular flexibility index (Phi) is 4.74. The number of hydrogen-bond acceptors (Lipinski definition) is 3. The Morgan fingerprint density at radius 1 is 1.26 bits per heavy atom. The lowest BCUT2D eigenvalue weighted by atomic mass is 10.3. The van der Waals surface area contributed by atoms with Gasteiger partial charge in [0.25, 0.3) is 0 Å². The summed E-state index contributed by atoms with van der Waals surface area (Å²) in [5, 5.41) is 3.88. The minimum atomic E-state index is 0.620. The molecule has 0 aliphatic rings. The van der Waals surface area contributed by atoms with Gasteiger partial charge < -0.3 is 14.5 Å². The predicted molar refractivity (Wildman–Crippen MR) is 78.0 cm³/mol. The number of anilines is 1. The van der Waals surface area contributed by atoms with E-state index < -0.39 is 0 Å². The second-order valence-electron chi connectivity index (χ2n) is 4.36. The van der Waals surface area contributed by atoms with E-state index in [1.807, 2.05) is 37.3 Å². The maximum atomic E-state index is 6.16. The normalized spacial score (nSPS) is 10.5. The van der Waals surface area contributed by atoms with Crippen LogP contribution < -0.4 is 10.1 Å². The first-order chi connectivity index (χ1) is 9.19. The van der Waals surface area contributed by atoms with E-state index in [2.05, 4.69) is 12.2 Å². The highest BCUT2D eigenvalue weighted by molar-refractivity contribution is 6.32. The standard InChI is InChI=1S/C15H18ClNO2/c1-3-8-18-15-7-5-12(9-14(15)16)17-10-13-6-4-11(2)19-13/h4-7,9,17H,3,8,10H2,1-2H3. The number of rotatable bonds is 6. The summed E-state index contributed by atoms with van der Waals surface area (Å²) < 4.78 is 11.0. The SMILES string of the molecule is CCCOc1ccc(NCc2ccc(C)o2)cc1Cl. The van der Waals surface area contributed by atoms with Crippen LogP contribution in [0, 0.1) is 6.92 Å². The molecule has 102 valence electrons. The summed E-state index contributed by atoms with van der Waals surface area (Å²) in [6.07, 6.45) is 0.966. The van der Waals surface area contributed by atoms with Gasteiger partial charge in [-0.2, -0.15) is 0 Å². The van der Waals surface area contributed by atoms with Crippen molar-refractivity contribution >= 4 is 17.3 Å². The second kappa shape index (κ2) is 6.53. The molecular formula is C15H18ClNO2. The van der Waals surface area contributed by atoms with Crippen molar-refractivity contribution in [3.05, 3.63) is 46.9 Å². The van der Waals surface area contributed by atoms with Crippen molar-refractivity contribution in [2.45, 2.75) is 26.8 Å². The van der Waals surface area contributed by atoms with E-state index in [9.17, 15) is 0 Å². The van der Waals surface area contributed by atoms with Crippen molar-refractivity contribution < 1.29 is 9.15 Å². The van der Waals surface area contributed by atoms with E-state index in [0.717, 1.165) is 29.4 Å². The molecule has 0 spiro atoms. The first kappa shape index (κ1) is 13.8. The van der Waals surface area contributed by atoms with Crippen molar-refractivity contribution in [2.75, 3.05) is 11.9 Å². The highest BCUT2D eigenvalue weighted by Gasteiger charge is 2.04. The van der Waals surface area contributed by atoms with Gasteiger partial charge in [0.1, 0.15) is 17.3 Å². The summed E-state index contributed by atoms with van der Waals surface area (Å²) in [5.74, 6) is 2.54. The van der Waals surface area contributed by atoms with Crippen LogP contribution in [0.4, 0.5) is 5.69 Å². The number of aryl methyl sites for hydroxylation is 1. The van der Waals surface area contributed by atoms with Gasteiger partial charge in [-0.15, -0.1) is 0 Å². The average Bonchev–Trinajstić information content (AvgIpc) is 2.81. The van der Waals surface area contributed by atoms with Gasteiger partial charge in [-0.3, -0.25) is 0 Å². The third-order valence-electron chi connectivity index (χ3n) is 2.66. The van der Waals surface area contributed by atoms with Gasteiger partial charge >= 0.3 is 0 Å². The van der Waals surface area contributed by atoms with Crippen LogP contribution >= 0.6 is 11.6 Å². The molecule has 0 fully saturated rings. The molecule has 19 heavy (non-hydrogen) atoms. The molecule has 0 saturated carbocycles. The van der Waals surface area contributed by atoms with Gasteiger partial charge in [0.15, 0.2) is 0 Å². The average molecular weight is 280 g/mol. The van der Waals surface area contributed by atoms with Gasteiger partial charge in [-0.25, -0.2) is 0 Å². The smallest absolute Gasteiger partial charge is 0.138 e. The number of ether oxygens (including phenoxy) is 1. The maximum Gasteiger partial charge on any atom is 0.138 e. The number of benzene rings is 1. The Labute approximate surface area is 118 Å². The van der Waals surface area contributed by atoms with Gasteiger partial charge in [-0.05, 0) is 43.7 Å². The summed E-state index contributed by atoms with van der Waals surface area (Å²) in [6.45, 7) is 5.31. The van der Waals surface area contributed by atoms with Crippen LogP contribution in [0.15, 0.2) is 34.7 Å². The zero-order valence-corrected chi connectivity index (χ0v) is 12.0. The first-order valence-corrected chi connectivity index (χ1v) is 6.78. The monoisotopic (exact) mass is 279 g/mol. The van der Waals surface area contributed by atoms with Crippen molar-refractivity contribution in [2.24, 2.45) is 0 Å². The molecule has 2 aromatic rings. The fraction of sp³-hybridized carbons (Fsp3) is 0.333. The van der Waals surface area contributed by atoms with Crippen LogP contribution in [0.25, 0.3) is 0 Å². The topological polar surface area (TPSA) is 34.4 Å². The highest BCUT2D eigenvalue weighted by atomic mass is 35.5. The second-order valence-corrected chi connectivity index (χ2v) is 4.77. The molecule has 0 aliphatic heterocycles. The van der Waals surface area contributed by atoms with Crippen molar-refractivity contribution in [1.29, 1.82) is 0 Å². The largest absolute Gasteiger partial charge is 0.492 e. The number of nitrogens with one attached hydrogen (secondary N) is 1. The lowest BCUT2D eigenvalue weighted by Gasteiger charge is -2.09. The molecule has 2 rings (SSSR count). The molecule has 3 nitrogen and oxygen atoms in total. The maximum absolute atomic E-state index is 6.16. The van der Waals surface area contributed by atoms with E-state index in [1.54, 1.807) is 0 Å². The zero-order valence-electron chi connectivity index (χ0n) is 11.2. The molecule has 1 aromatic heterocycles. The molecule has 0 radical (unpaired) electrons. The molecule has 1 N–H and O–H groups in total. The molecule has 0 bridgehead atoms. The van der Waals surface area contributed by atoms with E-state index >= 15 is 0 Å². The van der Waals surface area contributed by atoms with E-state index in [0.29, 0.717) is 18.2 Å². The minimum Gasteiger partial charge on any atom is -0.492 e. The van der Waals surface area contributed by atoms with Crippen molar-refractivity contribution in [3.8, 4) is 5.75 Å². The van der Waals surface area contributed by atoms with E-state index in [4.69, 9.17) is 20.8 Å². The molecule has 4 heteroatoms. The Morgan fingerprint density at radius 2 is 2.11 bits per heavy atom. The first-order valence-electron chi connectivity index (χ1n) is 6.40. The summed E-state index contributed by atoms with van der Waals surface area (Å²) >= 11 is 6.16. The van der Waals surface area contributed by atoms with Gasteiger partial charge in [0.2, 0.25) is 0 Å². The third-order valence-corrected chi connectivity index (χ3v) is 2.95. The fourth-order valence-electron chi connectivity index (χ4n) is 1.71. The Balaban J connectivity index is 1.95. The Morgan fingerprint density at radius 3 is 2.74 bits per heavy atom. The predicted octanol–water partition coefficient (Wildman–Crippen LogP) is 4.64. The van der Waals surface area contributed by atoms with Crippen LogP contribution in [-0.4, -0.2) is 6.61 Å². The molecule has 1 heterocycles. The number of hydrogen-bond donors (Lipinski definition) is 1. The van der Waals surface area contributed by atoms with E-state index in [1.165, 1.54) is 0 Å². The van der Waals surface area contributed by atoms with Gasteiger partial charge in [-0.1, -0.05) is 18.5 Å². The number of furan rings is 1. The summed E-state index contributed by atoms with van der Waals surface area (Å²) in [7, 11) is 0. The van der Waals surface area contributed by atoms with Crippen LogP contribution in [0.1, 0.15) is 24.9 Å². The van der Waals surface area contributed by atoms with Gasteiger partial charge in [0.05, 0.1) is 18.2 Å². The lowest BCUT2D eigenvalue weighted by Crippen LogP contribution is -1.99. The minimum absolute atomic E-state index is 0.620. The molecule has 1 aromatic carbocycles. The fourth-order valence-corrected chi connectivity index (χ4v) is 1.94. The lowest BCUT2D eigenvalue weighted by molar-refractivity contribution is 0.317. The number of halogens is 1. The van der Waals surface area contributed by atoms with E-state index in [-0.39, 0.29) is 0 Å². The zero-order chi connectivity index (χ0) is 13.7. The quantitative estimate of drug-likeness (QED) is 0.836. The molecule has 0 unspecified atom stereocenters. The van der Waals surface area contributed by atoms with Crippen molar-refractivity contribution in [3.63, 3.8) is 0 Å². The molecule has 0 saturated heterocycles.